The summed E-state index contributed by atoms with van der Waals surface area (Å²) in [6, 6.07) is 8.83. The maximum atomic E-state index is 12.1. The number of hydrogen-bond donors (Lipinski definition) is 1. The summed E-state index contributed by atoms with van der Waals surface area (Å²) >= 11 is 0. The molecule has 0 aliphatic carbocycles. The molecule has 25 heavy (non-hydrogen) atoms. The number of rotatable bonds is 4. The quantitative estimate of drug-likeness (QED) is 0.860. The van der Waals surface area contributed by atoms with Crippen LogP contribution in [0.1, 0.15) is 21.5 Å². The lowest BCUT2D eigenvalue weighted by atomic mass is 10.1. The first-order valence-corrected chi connectivity index (χ1v) is 7.52. The number of nitriles is 1. The fourth-order valence-corrected chi connectivity index (χ4v) is 2.41. The van der Waals surface area contributed by atoms with Crippen LogP contribution in [0.3, 0.4) is 0 Å². The van der Waals surface area contributed by atoms with Crippen molar-refractivity contribution in [1.29, 1.82) is 5.26 Å². The fourth-order valence-electron chi connectivity index (χ4n) is 2.41. The van der Waals surface area contributed by atoms with Crippen molar-refractivity contribution in [3.8, 4) is 6.07 Å². The number of benzene rings is 1. The van der Waals surface area contributed by atoms with E-state index in [4.69, 9.17) is 0 Å². The summed E-state index contributed by atoms with van der Waals surface area (Å²) < 4.78 is 2.11. The molecule has 0 saturated carbocycles. The van der Waals surface area contributed by atoms with Gasteiger partial charge in [0, 0.05) is 40.3 Å². The van der Waals surface area contributed by atoms with E-state index in [1.165, 1.54) is 23.6 Å². The average molecular weight is 341 g/mol. The zero-order chi connectivity index (χ0) is 18.7. The molecule has 1 aromatic heterocycles. The van der Waals surface area contributed by atoms with Gasteiger partial charge in [-0.25, -0.2) is 4.79 Å². The third-order valence-electron chi connectivity index (χ3n) is 3.82. The van der Waals surface area contributed by atoms with Crippen molar-refractivity contribution < 1.29 is 4.79 Å². The van der Waals surface area contributed by atoms with E-state index in [2.05, 4.69) is 5.32 Å². The third-order valence-corrected chi connectivity index (χ3v) is 3.82. The predicted octanol–water partition coefficient (Wildman–Crippen LogP) is 0.270. The van der Waals surface area contributed by atoms with E-state index in [1.807, 2.05) is 12.1 Å². The SMILES string of the molecule is CN(C)C(=O)c1cccc(CNc2c(C#N)c(=O)n(C)c(=O)n2C)c1. The molecule has 130 valence electrons. The molecule has 2 aromatic rings. The van der Waals surface area contributed by atoms with Crippen molar-refractivity contribution in [2.75, 3.05) is 19.4 Å². The van der Waals surface area contributed by atoms with E-state index >= 15 is 0 Å². The minimum Gasteiger partial charge on any atom is -0.366 e. The molecule has 8 nitrogen and oxygen atoms in total. The molecule has 8 heteroatoms. The number of anilines is 1. The van der Waals surface area contributed by atoms with Crippen molar-refractivity contribution >= 4 is 11.7 Å². The molecule has 1 N–H and O–H groups in total. The molecule has 0 radical (unpaired) electrons. The van der Waals surface area contributed by atoms with E-state index in [0.717, 1.165) is 10.1 Å². The Morgan fingerprint density at radius 2 is 1.92 bits per heavy atom. The zero-order valence-electron chi connectivity index (χ0n) is 14.5. The summed E-state index contributed by atoms with van der Waals surface area (Å²) in [6.45, 7) is 0.254. The number of carbonyl (C=O) groups is 1. The number of carbonyl (C=O) groups excluding carboxylic acids is 1. The molecule has 0 unspecified atom stereocenters. The molecule has 0 aliphatic heterocycles. The van der Waals surface area contributed by atoms with Crippen LogP contribution in [0.2, 0.25) is 0 Å². The van der Waals surface area contributed by atoms with Crippen molar-refractivity contribution in [3.05, 3.63) is 61.8 Å². The third kappa shape index (κ3) is 3.45. The van der Waals surface area contributed by atoms with Crippen LogP contribution in [0, 0.1) is 11.3 Å². The highest BCUT2D eigenvalue weighted by atomic mass is 16.2. The number of aromatic nitrogens is 2. The van der Waals surface area contributed by atoms with Crippen LogP contribution in [-0.4, -0.2) is 34.0 Å². The fraction of sp³-hybridized carbons (Fsp3) is 0.294. The normalized spacial score (nSPS) is 10.2. The van der Waals surface area contributed by atoms with Crippen LogP contribution in [0.15, 0.2) is 33.9 Å². The van der Waals surface area contributed by atoms with Gasteiger partial charge in [-0.1, -0.05) is 12.1 Å². The van der Waals surface area contributed by atoms with Gasteiger partial charge >= 0.3 is 5.69 Å². The highest BCUT2D eigenvalue weighted by molar-refractivity contribution is 5.94. The van der Waals surface area contributed by atoms with Crippen LogP contribution < -0.4 is 16.6 Å². The van der Waals surface area contributed by atoms with Gasteiger partial charge in [0.1, 0.15) is 11.9 Å². The molecule has 0 fully saturated rings. The van der Waals surface area contributed by atoms with E-state index < -0.39 is 11.2 Å². The lowest BCUT2D eigenvalue weighted by Gasteiger charge is -2.14. The van der Waals surface area contributed by atoms with Crippen LogP contribution in [0.5, 0.6) is 0 Å². The molecule has 2 rings (SSSR count). The second-order valence-electron chi connectivity index (χ2n) is 5.79. The Morgan fingerprint density at radius 1 is 1.24 bits per heavy atom. The topological polar surface area (TPSA) is 100 Å². The lowest BCUT2D eigenvalue weighted by molar-refractivity contribution is 0.0827. The van der Waals surface area contributed by atoms with E-state index in [-0.39, 0.29) is 23.8 Å². The van der Waals surface area contributed by atoms with Crippen LogP contribution >= 0.6 is 0 Å². The van der Waals surface area contributed by atoms with Crippen molar-refractivity contribution in [3.63, 3.8) is 0 Å². The summed E-state index contributed by atoms with van der Waals surface area (Å²) in [5.41, 5.74) is 0.00480. The first kappa shape index (κ1) is 18.0. The predicted molar refractivity (Wildman–Crippen MR) is 93.4 cm³/mol. The Kier molecular flexibility index (Phi) is 5.08. The smallest absolute Gasteiger partial charge is 0.332 e. The summed E-state index contributed by atoms with van der Waals surface area (Å²) in [6.07, 6.45) is 0. The summed E-state index contributed by atoms with van der Waals surface area (Å²) in [5.74, 6) is 0.0282. The maximum Gasteiger partial charge on any atom is 0.332 e. The Bertz CT molecular complexity index is 979. The second-order valence-corrected chi connectivity index (χ2v) is 5.79. The summed E-state index contributed by atoms with van der Waals surface area (Å²) in [7, 11) is 6.15. The second kappa shape index (κ2) is 7.05. The van der Waals surface area contributed by atoms with Gasteiger partial charge in [-0.05, 0) is 17.7 Å². The first-order chi connectivity index (χ1) is 11.8. The Hall–Kier alpha value is -3.34. The standard InChI is InChI=1S/C17H19N5O3/c1-20(2)15(23)12-7-5-6-11(8-12)10-19-14-13(9-18)16(24)22(4)17(25)21(14)3/h5-8,19H,10H2,1-4H3. The molecule has 0 bridgehead atoms. The molecule has 0 atom stereocenters. The van der Waals surface area contributed by atoms with Crippen LogP contribution in [0.4, 0.5) is 5.82 Å². The summed E-state index contributed by atoms with van der Waals surface area (Å²) in [5, 5.41) is 12.2. The number of nitrogens with zero attached hydrogens (tertiary/aromatic N) is 4. The zero-order valence-corrected chi connectivity index (χ0v) is 14.5. The molecule has 0 saturated heterocycles. The minimum atomic E-state index is -0.648. The molecular weight excluding hydrogens is 322 g/mol. The molecule has 1 heterocycles. The molecule has 1 amide bonds. The molecule has 0 aliphatic rings. The van der Waals surface area contributed by atoms with Crippen LogP contribution in [-0.2, 0) is 20.6 Å². The van der Waals surface area contributed by atoms with Gasteiger partial charge in [0.25, 0.3) is 11.5 Å². The number of amides is 1. The average Bonchev–Trinajstić information content (AvgIpc) is 2.61. The number of hydrogen-bond acceptors (Lipinski definition) is 5. The Morgan fingerprint density at radius 3 is 2.52 bits per heavy atom. The van der Waals surface area contributed by atoms with Gasteiger partial charge in [-0.2, -0.15) is 5.26 Å². The van der Waals surface area contributed by atoms with Gasteiger partial charge in [0.2, 0.25) is 0 Å². The van der Waals surface area contributed by atoms with Crippen molar-refractivity contribution in [2.24, 2.45) is 14.1 Å². The Labute approximate surface area is 144 Å². The monoisotopic (exact) mass is 341 g/mol. The van der Waals surface area contributed by atoms with Gasteiger partial charge < -0.3 is 10.2 Å². The van der Waals surface area contributed by atoms with Gasteiger partial charge in [0.05, 0.1) is 0 Å². The maximum absolute atomic E-state index is 12.1. The number of nitrogens with one attached hydrogen (secondary N) is 1. The molecular formula is C17H19N5O3. The lowest BCUT2D eigenvalue weighted by Crippen LogP contribution is -2.39. The minimum absolute atomic E-state index is 0.124. The highest BCUT2D eigenvalue weighted by Gasteiger charge is 2.15. The Balaban J connectivity index is 2.36. The van der Waals surface area contributed by atoms with Gasteiger partial charge in [-0.15, -0.1) is 0 Å². The molecule has 1 aromatic carbocycles. The first-order valence-electron chi connectivity index (χ1n) is 7.52. The van der Waals surface area contributed by atoms with Gasteiger partial charge in [-0.3, -0.25) is 18.7 Å². The van der Waals surface area contributed by atoms with E-state index in [9.17, 15) is 19.6 Å². The molecule has 0 spiro atoms. The van der Waals surface area contributed by atoms with Gasteiger partial charge in [0.15, 0.2) is 5.56 Å². The van der Waals surface area contributed by atoms with Crippen molar-refractivity contribution in [1.82, 2.24) is 14.0 Å². The summed E-state index contributed by atoms with van der Waals surface area (Å²) in [4.78, 5) is 37.6. The largest absolute Gasteiger partial charge is 0.366 e. The van der Waals surface area contributed by atoms with E-state index in [1.54, 1.807) is 32.3 Å². The highest BCUT2D eigenvalue weighted by Crippen LogP contribution is 2.12. The van der Waals surface area contributed by atoms with E-state index in [0.29, 0.717) is 5.56 Å². The van der Waals surface area contributed by atoms with Crippen molar-refractivity contribution in [2.45, 2.75) is 6.54 Å². The van der Waals surface area contributed by atoms with Crippen LogP contribution in [0.25, 0.3) is 0 Å².